The summed E-state index contributed by atoms with van der Waals surface area (Å²) in [5.74, 6) is 0. The molecule has 13 heavy (non-hydrogen) atoms. The van der Waals surface area contributed by atoms with Crippen LogP contribution >= 0.6 is 0 Å². The van der Waals surface area contributed by atoms with Gasteiger partial charge in [0.15, 0.2) is 8.24 Å². The van der Waals surface area contributed by atoms with E-state index in [1.807, 2.05) is 12.2 Å². The normalized spacial score (nSPS) is 16.2. The molecule has 0 aromatic carbocycles. The second-order valence-electron chi connectivity index (χ2n) is 5.08. The highest BCUT2D eigenvalue weighted by Gasteiger charge is 2.35. The third kappa shape index (κ3) is 2.36. The topological polar surface area (TPSA) is 12.0 Å². The van der Waals surface area contributed by atoms with Crippen LogP contribution in [0.1, 0.15) is 20.8 Å². The van der Waals surface area contributed by atoms with E-state index in [0.717, 1.165) is 5.70 Å². The maximum atomic E-state index is 3.62. The predicted molar refractivity (Wildman–Crippen MR) is 61.1 cm³/mol. The molecule has 0 aliphatic heterocycles. The summed E-state index contributed by atoms with van der Waals surface area (Å²) in [7, 11) is -1.39. The fraction of sp³-hybridized carbons (Fsp3) is 0.545. The van der Waals surface area contributed by atoms with Gasteiger partial charge in [-0.2, -0.15) is 0 Å². The molecule has 0 unspecified atom stereocenters. The van der Waals surface area contributed by atoms with Crippen LogP contribution in [0.4, 0.5) is 0 Å². The second-order valence-corrected chi connectivity index (χ2v) is 10.1. The monoisotopic (exact) mass is 193 g/mol. The van der Waals surface area contributed by atoms with Gasteiger partial charge in [-0.25, -0.2) is 0 Å². The van der Waals surface area contributed by atoms with Crippen LogP contribution in [0.25, 0.3) is 0 Å². The molecular formula is C11H19NSi. The van der Waals surface area contributed by atoms with E-state index in [1.54, 1.807) is 0 Å². The van der Waals surface area contributed by atoms with E-state index in [1.165, 1.54) is 0 Å². The van der Waals surface area contributed by atoms with Crippen molar-refractivity contribution in [2.45, 2.75) is 38.9 Å². The lowest BCUT2D eigenvalue weighted by molar-refractivity contribution is 0.703. The van der Waals surface area contributed by atoms with Gasteiger partial charge in [-0.1, -0.05) is 45.7 Å². The van der Waals surface area contributed by atoms with Crippen molar-refractivity contribution >= 4 is 8.24 Å². The molecule has 0 spiro atoms. The zero-order chi connectivity index (χ0) is 10.1. The lowest BCUT2D eigenvalue weighted by Gasteiger charge is -2.37. The van der Waals surface area contributed by atoms with Crippen LogP contribution in [0.3, 0.4) is 0 Å². The van der Waals surface area contributed by atoms with Gasteiger partial charge in [0.2, 0.25) is 0 Å². The largest absolute Gasteiger partial charge is 0.404 e. The van der Waals surface area contributed by atoms with Crippen molar-refractivity contribution < 1.29 is 0 Å². The predicted octanol–water partition coefficient (Wildman–Crippen LogP) is 3.19. The van der Waals surface area contributed by atoms with Gasteiger partial charge in [-0.05, 0) is 17.2 Å². The Morgan fingerprint density at radius 3 is 2.31 bits per heavy atom. The average Bonchev–Trinajstić information content (AvgIpc) is 2.35. The smallest absolute Gasteiger partial charge is 0.153 e. The zero-order valence-corrected chi connectivity index (χ0v) is 10.2. The summed E-state index contributed by atoms with van der Waals surface area (Å²) in [5, 5.41) is 0.373. The standard InChI is InChI=1S/C11H19NSi/c1-11(2,3)13(4,5)12-10-8-6-7-9-10/h6-8,12H,1-5H3. The highest BCUT2D eigenvalue weighted by molar-refractivity contribution is 6.78. The fourth-order valence-electron chi connectivity index (χ4n) is 0.932. The Kier molecular flexibility index (Phi) is 2.55. The van der Waals surface area contributed by atoms with Gasteiger partial charge < -0.3 is 4.98 Å². The molecule has 0 atom stereocenters. The molecule has 0 fully saturated rings. The van der Waals surface area contributed by atoms with Gasteiger partial charge in [-0.15, -0.1) is 0 Å². The Morgan fingerprint density at radius 1 is 1.31 bits per heavy atom. The van der Waals surface area contributed by atoms with E-state index in [2.05, 4.69) is 50.7 Å². The summed E-state index contributed by atoms with van der Waals surface area (Å²) in [6.45, 7) is 11.6. The molecule has 0 aromatic rings. The quantitative estimate of drug-likeness (QED) is 0.524. The molecule has 2 heteroatoms. The number of hydrogen-bond donors (Lipinski definition) is 1. The summed E-state index contributed by atoms with van der Waals surface area (Å²) >= 11 is 0. The Morgan fingerprint density at radius 2 is 1.92 bits per heavy atom. The van der Waals surface area contributed by atoms with Crippen LogP contribution in [0.15, 0.2) is 29.7 Å². The Hall–Kier alpha value is -0.723. The molecule has 1 aliphatic carbocycles. The van der Waals surface area contributed by atoms with Crippen molar-refractivity contribution in [2.75, 3.05) is 0 Å². The SMILES string of the molecule is CC(C)(C)[Si](C)(C)NC1=C=CC=C1. The molecule has 0 radical (unpaired) electrons. The highest BCUT2D eigenvalue weighted by atomic mass is 28.3. The first-order chi connectivity index (χ1) is 5.83. The summed E-state index contributed by atoms with van der Waals surface area (Å²) in [6, 6.07) is 0. The lowest BCUT2D eigenvalue weighted by atomic mass is 10.2. The summed E-state index contributed by atoms with van der Waals surface area (Å²) in [5.41, 5.74) is 4.33. The Balaban J connectivity index is 2.73. The van der Waals surface area contributed by atoms with E-state index >= 15 is 0 Å². The maximum absolute atomic E-state index is 3.62. The molecule has 72 valence electrons. The van der Waals surface area contributed by atoms with Gasteiger partial charge in [0.05, 0.1) is 5.70 Å². The minimum Gasteiger partial charge on any atom is -0.404 e. The van der Waals surface area contributed by atoms with Crippen LogP contribution in [-0.4, -0.2) is 8.24 Å². The molecular weight excluding hydrogens is 174 g/mol. The van der Waals surface area contributed by atoms with Crippen LogP contribution in [-0.2, 0) is 0 Å². The first kappa shape index (κ1) is 10.4. The van der Waals surface area contributed by atoms with Gasteiger partial charge in [-0.3, -0.25) is 0 Å². The summed E-state index contributed by atoms with van der Waals surface area (Å²) < 4.78 is 0. The second kappa shape index (κ2) is 3.21. The van der Waals surface area contributed by atoms with Crippen molar-refractivity contribution in [3.63, 3.8) is 0 Å². The first-order valence-electron chi connectivity index (χ1n) is 4.74. The molecule has 1 N–H and O–H groups in total. The van der Waals surface area contributed by atoms with E-state index in [4.69, 9.17) is 0 Å². The minimum atomic E-state index is -1.39. The number of hydrogen-bond acceptors (Lipinski definition) is 1. The first-order valence-corrected chi connectivity index (χ1v) is 7.74. The van der Waals surface area contributed by atoms with Gasteiger partial charge >= 0.3 is 0 Å². The van der Waals surface area contributed by atoms with E-state index < -0.39 is 8.24 Å². The highest BCUT2D eigenvalue weighted by Crippen LogP contribution is 2.34. The number of nitrogens with one attached hydrogen (secondary N) is 1. The molecule has 0 bridgehead atoms. The number of rotatable bonds is 2. The van der Waals surface area contributed by atoms with Crippen LogP contribution in [0.2, 0.25) is 18.1 Å². The van der Waals surface area contributed by atoms with Gasteiger partial charge in [0, 0.05) is 0 Å². The van der Waals surface area contributed by atoms with Crippen molar-refractivity contribution in [3.8, 4) is 0 Å². The molecule has 0 saturated heterocycles. The molecule has 0 aromatic heterocycles. The third-order valence-corrected chi connectivity index (χ3v) is 7.56. The maximum Gasteiger partial charge on any atom is 0.153 e. The molecule has 1 rings (SSSR count). The van der Waals surface area contributed by atoms with Crippen molar-refractivity contribution in [3.05, 3.63) is 29.7 Å². The van der Waals surface area contributed by atoms with E-state index in [9.17, 15) is 0 Å². The molecule has 0 heterocycles. The van der Waals surface area contributed by atoms with Gasteiger partial charge in [0.25, 0.3) is 0 Å². The van der Waals surface area contributed by atoms with Crippen molar-refractivity contribution in [1.82, 2.24) is 4.98 Å². The van der Waals surface area contributed by atoms with Gasteiger partial charge in [0.1, 0.15) is 0 Å². The van der Waals surface area contributed by atoms with Crippen molar-refractivity contribution in [2.24, 2.45) is 0 Å². The molecule has 1 nitrogen and oxygen atoms in total. The molecule has 1 aliphatic rings. The Bertz CT molecular complexity index is 286. The van der Waals surface area contributed by atoms with Crippen molar-refractivity contribution in [1.29, 1.82) is 0 Å². The molecule has 0 saturated carbocycles. The van der Waals surface area contributed by atoms with Crippen LogP contribution in [0.5, 0.6) is 0 Å². The van der Waals surface area contributed by atoms with Crippen LogP contribution < -0.4 is 4.98 Å². The average molecular weight is 193 g/mol. The van der Waals surface area contributed by atoms with E-state index in [-0.39, 0.29) is 0 Å². The summed E-state index contributed by atoms with van der Waals surface area (Å²) in [6.07, 6.45) is 6.06. The van der Waals surface area contributed by atoms with Crippen LogP contribution in [0, 0.1) is 0 Å². The van der Waals surface area contributed by atoms with E-state index in [0.29, 0.717) is 5.04 Å². The molecule has 0 amide bonds. The minimum absolute atomic E-state index is 0.373. The zero-order valence-electron chi connectivity index (χ0n) is 9.23. The Labute approximate surface area is 82.3 Å². The fourth-order valence-corrected chi connectivity index (χ4v) is 2.14. The third-order valence-electron chi connectivity index (χ3n) is 2.92. The lowest BCUT2D eigenvalue weighted by Crippen LogP contribution is -2.51. The number of allylic oxidation sites excluding steroid dienone is 2. The summed E-state index contributed by atoms with van der Waals surface area (Å²) in [4.78, 5) is 3.62.